The maximum absolute atomic E-state index is 6.42. The van der Waals surface area contributed by atoms with Gasteiger partial charge >= 0.3 is 0 Å². The Balaban J connectivity index is 1.19. The quantitative estimate of drug-likeness (QED) is 0.337. The van der Waals surface area contributed by atoms with Crippen LogP contribution in [-0.4, -0.2) is 0 Å². The minimum atomic E-state index is 0.0595. The fourth-order valence-corrected chi connectivity index (χ4v) is 16.2. The van der Waals surface area contributed by atoms with Crippen LogP contribution >= 0.6 is 0 Å². The molecule has 0 radical (unpaired) electrons. The first-order valence-corrected chi connectivity index (χ1v) is 16.0. The lowest BCUT2D eigenvalue weighted by atomic mass is 9.25. The first-order valence-electron chi connectivity index (χ1n) is 16.0. The molecule has 0 aromatic rings. The van der Waals surface area contributed by atoms with Crippen LogP contribution in [0.4, 0.5) is 0 Å². The molecular formula is C38H44. The molecule has 0 aromatic heterocycles. The molecule has 12 aliphatic carbocycles. The topological polar surface area (TPSA) is 0 Å². The van der Waals surface area contributed by atoms with Crippen LogP contribution in [-0.2, 0) is 0 Å². The van der Waals surface area contributed by atoms with Crippen molar-refractivity contribution < 1.29 is 0 Å². The highest BCUT2D eigenvalue weighted by molar-refractivity contribution is 5.33. The summed E-state index contributed by atoms with van der Waals surface area (Å²) in [5.74, 6) is 17.0. The fourth-order valence-electron chi connectivity index (χ4n) is 16.2. The SMILES string of the molecule is C#CC12CC3CC(C#C)(C1)CC(C14CC5CC(C1)CC(C16CC7CC(C#C)(CC(C#C)(C7)C1)C6)(C5)C4)(C3)C2. The van der Waals surface area contributed by atoms with Gasteiger partial charge in [0.05, 0.1) is 0 Å². The van der Waals surface area contributed by atoms with Crippen molar-refractivity contribution in [2.75, 3.05) is 0 Å². The second-order valence-corrected chi connectivity index (χ2v) is 17.8. The molecule has 4 unspecified atom stereocenters. The summed E-state index contributed by atoms with van der Waals surface area (Å²) in [7, 11) is 0. The third-order valence-corrected chi connectivity index (χ3v) is 15.7. The normalized spacial score (nSPS) is 63.7. The lowest BCUT2D eigenvalue weighted by Gasteiger charge is -2.79. The molecule has 196 valence electrons. The first-order chi connectivity index (χ1) is 18.1. The average Bonchev–Trinajstić information content (AvgIpc) is 2.86. The van der Waals surface area contributed by atoms with Crippen LogP contribution in [0.2, 0.25) is 0 Å². The third-order valence-electron chi connectivity index (χ3n) is 15.7. The Kier molecular flexibility index (Phi) is 3.88. The summed E-state index contributed by atoms with van der Waals surface area (Å²) in [6.45, 7) is 0. The van der Waals surface area contributed by atoms with Crippen LogP contribution in [0.1, 0.15) is 116 Å². The van der Waals surface area contributed by atoms with Gasteiger partial charge in [0.1, 0.15) is 0 Å². The van der Waals surface area contributed by atoms with Crippen molar-refractivity contribution >= 4 is 0 Å². The van der Waals surface area contributed by atoms with Crippen LogP contribution in [0.5, 0.6) is 0 Å². The van der Waals surface area contributed by atoms with Crippen LogP contribution < -0.4 is 0 Å². The number of hydrogen-bond acceptors (Lipinski definition) is 0. The molecule has 0 spiro atoms. The average molecular weight is 501 g/mol. The Morgan fingerprint density at radius 2 is 0.658 bits per heavy atom. The van der Waals surface area contributed by atoms with Crippen molar-refractivity contribution in [2.45, 2.75) is 116 Å². The maximum atomic E-state index is 6.42. The van der Waals surface area contributed by atoms with Crippen molar-refractivity contribution in [3.63, 3.8) is 0 Å². The van der Waals surface area contributed by atoms with Gasteiger partial charge in [0.15, 0.2) is 0 Å². The Bertz CT molecular complexity index is 1140. The van der Waals surface area contributed by atoms with E-state index in [1.165, 1.54) is 103 Å². The van der Waals surface area contributed by atoms with Crippen LogP contribution in [0.25, 0.3) is 0 Å². The summed E-state index contributed by atoms with van der Waals surface area (Å²) < 4.78 is 0. The molecule has 12 fully saturated rings. The van der Waals surface area contributed by atoms with Crippen molar-refractivity contribution in [3.05, 3.63) is 0 Å². The van der Waals surface area contributed by atoms with E-state index in [1.54, 1.807) is 0 Å². The monoisotopic (exact) mass is 500 g/mol. The summed E-state index contributed by atoms with van der Waals surface area (Å²) in [6.07, 6.45) is 49.5. The fraction of sp³-hybridized carbons (Fsp3) is 0.789. The molecule has 0 heterocycles. The number of terminal acetylenes is 4. The van der Waals surface area contributed by atoms with Crippen LogP contribution in [0.15, 0.2) is 0 Å². The van der Waals surface area contributed by atoms with E-state index in [9.17, 15) is 0 Å². The van der Waals surface area contributed by atoms with Gasteiger partial charge in [0.25, 0.3) is 0 Å². The molecule has 0 heteroatoms. The highest BCUT2D eigenvalue weighted by atomic mass is 14.8. The van der Waals surface area contributed by atoms with Gasteiger partial charge in [-0.15, -0.1) is 25.7 Å². The summed E-state index contributed by atoms with van der Waals surface area (Å²) in [6, 6.07) is 0. The van der Waals surface area contributed by atoms with E-state index in [1.807, 2.05) is 0 Å². The predicted octanol–water partition coefficient (Wildman–Crippen LogP) is 8.02. The highest BCUT2D eigenvalue weighted by Crippen LogP contribution is 2.85. The van der Waals surface area contributed by atoms with Gasteiger partial charge in [-0.3, -0.25) is 0 Å². The predicted molar refractivity (Wildman–Crippen MR) is 152 cm³/mol. The van der Waals surface area contributed by atoms with E-state index in [0.717, 1.165) is 36.5 Å². The lowest BCUT2D eigenvalue weighted by Crippen LogP contribution is -2.70. The van der Waals surface area contributed by atoms with Crippen molar-refractivity contribution in [1.29, 1.82) is 0 Å². The summed E-state index contributed by atoms with van der Waals surface area (Å²) >= 11 is 0. The molecule has 4 atom stereocenters. The molecule has 38 heavy (non-hydrogen) atoms. The standard InChI is InChI=1S/C38H44/c1-5-31-10-29-11-32(6-2,20-31)23-37(18-29,22-31)35-14-27-9-28(15-35)17-36(16-27,26-35)38-19-30-12-33(7-3,24-38)21-34(8-4,13-30)25-38/h1-4,27-30H,9-26H2. The Morgan fingerprint density at radius 3 is 0.974 bits per heavy atom. The van der Waals surface area contributed by atoms with Gasteiger partial charge in [0, 0.05) is 21.7 Å². The van der Waals surface area contributed by atoms with Crippen molar-refractivity contribution in [3.8, 4) is 49.4 Å². The summed E-state index contributed by atoms with van der Waals surface area (Å²) in [5.41, 5.74) is 1.85. The highest BCUT2D eigenvalue weighted by Gasteiger charge is 2.76. The Labute approximate surface area is 231 Å². The zero-order chi connectivity index (χ0) is 25.9. The molecule has 12 aliphatic rings. The number of hydrogen-bond donors (Lipinski definition) is 0. The summed E-state index contributed by atoms with van der Waals surface area (Å²) in [4.78, 5) is 0. The molecule has 12 bridgehead atoms. The molecule has 0 amide bonds. The zero-order valence-corrected chi connectivity index (χ0v) is 23.3. The Hall–Kier alpha value is -1.76. The number of rotatable bonds is 2. The largest absolute Gasteiger partial charge is 0.120 e. The van der Waals surface area contributed by atoms with Gasteiger partial charge in [-0.1, -0.05) is 23.7 Å². The summed E-state index contributed by atoms with van der Waals surface area (Å²) in [5, 5.41) is 0. The van der Waals surface area contributed by atoms with Gasteiger partial charge in [-0.2, -0.15) is 0 Å². The van der Waals surface area contributed by atoms with Gasteiger partial charge in [-0.25, -0.2) is 0 Å². The van der Waals surface area contributed by atoms with Gasteiger partial charge in [0.2, 0.25) is 0 Å². The molecule has 0 saturated heterocycles. The van der Waals surface area contributed by atoms with E-state index in [4.69, 9.17) is 25.7 Å². The van der Waals surface area contributed by atoms with E-state index in [2.05, 4.69) is 23.7 Å². The van der Waals surface area contributed by atoms with Gasteiger partial charge < -0.3 is 0 Å². The molecule has 12 rings (SSSR count). The lowest BCUT2D eigenvalue weighted by molar-refractivity contribution is -0.284. The van der Waals surface area contributed by atoms with E-state index >= 15 is 0 Å². The van der Waals surface area contributed by atoms with Crippen LogP contribution in [0, 0.1) is 116 Å². The minimum absolute atomic E-state index is 0.0595. The second kappa shape index (κ2) is 6.42. The van der Waals surface area contributed by atoms with Crippen molar-refractivity contribution in [1.82, 2.24) is 0 Å². The zero-order valence-electron chi connectivity index (χ0n) is 23.3. The molecule has 0 N–H and O–H groups in total. The van der Waals surface area contributed by atoms with Crippen molar-refractivity contribution in [2.24, 2.45) is 67.0 Å². The second-order valence-electron chi connectivity index (χ2n) is 17.8. The van der Waals surface area contributed by atoms with E-state index < -0.39 is 0 Å². The molecular weight excluding hydrogens is 456 g/mol. The minimum Gasteiger partial charge on any atom is -0.120 e. The smallest absolute Gasteiger partial charge is 0.0334 e. The molecule has 0 aliphatic heterocycles. The molecule has 0 nitrogen and oxygen atoms in total. The van der Waals surface area contributed by atoms with E-state index in [-0.39, 0.29) is 21.7 Å². The maximum Gasteiger partial charge on any atom is 0.0334 e. The Morgan fingerprint density at radius 1 is 0.342 bits per heavy atom. The molecule has 12 saturated carbocycles. The van der Waals surface area contributed by atoms with Crippen LogP contribution in [0.3, 0.4) is 0 Å². The van der Waals surface area contributed by atoms with Gasteiger partial charge in [-0.05, 0) is 161 Å². The third kappa shape index (κ3) is 2.45. The van der Waals surface area contributed by atoms with E-state index in [0.29, 0.717) is 21.7 Å². The molecule has 0 aromatic carbocycles. The first kappa shape index (κ1) is 23.0.